The summed E-state index contributed by atoms with van der Waals surface area (Å²) in [5, 5.41) is 0. The van der Waals surface area contributed by atoms with Crippen LogP contribution in [0.15, 0.2) is 35.6 Å². The highest BCUT2D eigenvalue weighted by atomic mass is 19.1. The van der Waals surface area contributed by atoms with Crippen molar-refractivity contribution in [1.29, 1.82) is 0 Å². The number of ether oxygens (including phenoxy) is 2. The van der Waals surface area contributed by atoms with Gasteiger partial charge < -0.3 is 15.2 Å². The molecule has 182 valence electrons. The molecule has 4 rings (SSSR count). The molecule has 2 heterocycles. The van der Waals surface area contributed by atoms with Crippen molar-refractivity contribution in [2.45, 2.75) is 37.3 Å². The molecule has 11 heteroatoms. The van der Waals surface area contributed by atoms with Crippen LogP contribution in [-0.4, -0.2) is 48.1 Å². The highest BCUT2D eigenvalue weighted by Gasteiger charge is 2.54. The molecule has 1 aliphatic carbocycles. The molecule has 0 radical (unpaired) electrons. The minimum absolute atomic E-state index is 0.00421. The average Bonchev–Trinajstić information content (AvgIpc) is 2.84. The van der Waals surface area contributed by atoms with E-state index in [4.69, 9.17) is 10.5 Å². The molecular formula is C23H24F4N4O3. The number of amidine groups is 1. The van der Waals surface area contributed by atoms with Crippen molar-refractivity contribution in [2.75, 3.05) is 20.2 Å². The van der Waals surface area contributed by atoms with E-state index in [9.17, 15) is 18.0 Å². The minimum Gasteiger partial charge on any atom is -0.462 e. The molecule has 4 unspecified atom stereocenters. The first-order valence-corrected chi connectivity index (χ1v) is 10.9. The molecule has 1 fully saturated rings. The van der Waals surface area contributed by atoms with Crippen LogP contribution >= 0.6 is 0 Å². The van der Waals surface area contributed by atoms with Gasteiger partial charge in [0.2, 0.25) is 12.7 Å². The van der Waals surface area contributed by atoms with Crippen molar-refractivity contribution in [2.24, 2.45) is 22.6 Å². The van der Waals surface area contributed by atoms with Gasteiger partial charge in [-0.1, -0.05) is 6.07 Å². The van der Waals surface area contributed by atoms with E-state index in [2.05, 4.69) is 19.7 Å². The largest absolute Gasteiger partial charge is 0.462 e. The monoisotopic (exact) mass is 480 g/mol. The Morgan fingerprint density at radius 1 is 1.21 bits per heavy atom. The Morgan fingerprint density at radius 2 is 2.03 bits per heavy atom. The molecule has 2 aliphatic rings. The predicted molar refractivity (Wildman–Crippen MR) is 114 cm³/mol. The van der Waals surface area contributed by atoms with E-state index in [0.29, 0.717) is 24.8 Å². The Hall–Kier alpha value is -3.24. The molecule has 1 aromatic carbocycles. The molecule has 1 aliphatic heterocycles. The molecule has 0 bridgehead atoms. The Labute approximate surface area is 193 Å². The zero-order chi connectivity index (χ0) is 24.3. The summed E-state index contributed by atoms with van der Waals surface area (Å²) in [6, 6.07) is 3.62. The van der Waals surface area contributed by atoms with E-state index in [1.807, 2.05) is 0 Å². The Balaban J connectivity index is 1.68. The number of halogens is 4. The van der Waals surface area contributed by atoms with Crippen LogP contribution in [0.5, 0.6) is 5.88 Å². The van der Waals surface area contributed by atoms with Gasteiger partial charge in [-0.15, -0.1) is 0 Å². The first-order valence-electron chi connectivity index (χ1n) is 10.9. The summed E-state index contributed by atoms with van der Waals surface area (Å²) in [5.74, 6) is -2.58. The summed E-state index contributed by atoms with van der Waals surface area (Å²) in [6.07, 6.45) is 3.18. The van der Waals surface area contributed by atoms with Gasteiger partial charge in [0.1, 0.15) is 29.8 Å². The molecule has 0 saturated heterocycles. The number of nitrogens with two attached hydrogens (primary N) is 1. The first kappa shape index (κ1) is 23.9. The molecule has 0 spiro atoms. The number of carbonyl (C=O) groups is 1. The summed E-state index contributed by atoms with van der Waals surface area (Å²) < 4.78 is 66.2. The van der Waals surface area contributed by atoms with Crippen LogP contribution in [0.25, 0.3) is 0 Å². The van der Waals surface area contributed by atoms with E-state index in [1.54, 1.807) is 0 Å². The lowest BCUT2D eigenvalue weighted by Gasteiger charge is -2.48. The number of rotatable bonds is 8. The number of benzene rings is 1. The first-order chi connectivity index (χ1) is 16.4. The lowest BCUT2D eigenvalue weighted by molar-refractivity contribution is -0.0415. The summed E-state index contributed by atoms with van der Waals surface area (Å²) in [7, 11) is 0. The molecule has 4 atom stereocenters. The van der Waals surface area contributed by atoms with E-state index in [-0.39, 0.29) is 29.6 Å². The third-order valence-electron chi connectivity index (χ3n) is 6.49. The number of hydrogen-bond donors (Lipinski definition) is 1. The van der Waals surface area contributed by atoms with Gasteiger partial charge in [-0.2, -0.15) is 0 Å². The van der Waals surface area contributed by atoms with Gasteiger partial charge in [-0.05, 0) is 42.9 Å². The minimum atomic E-state index is -1.77. The topological polar surface area (TPSA) is 99.7 Å². The second kappa shape index (κ2) is 9.94. The smallest absolute Gasteiger partial charge is 0.283 e. The van der Waals surface area contributed by atoms with Gasteiger partial charge in [0.15, 0.2) is 5.78 Å². The van der Waals surface area contributed by atoms with E-state index < -0.39 is 55.3 Å². The van der Waals surface area contributed by atoms with Crippen molar-refractivity contribution in [3.05, 3.63) is 53.2 Å². The van der Waals surface area contributed by atoms with Crippen LogP contribution in [0.2, 0.25) is 0 Å². The van der Waals surface area contributed by atoms with Crippen LogP contribution in [-0.2, 0) is 16.7 Å². The molecule has 1 saturated carbocycles. The van der Waals surface area contributed by atoms with Crippen LogP contribution < -0.4 is 10.5 Å². The van der Waals surface area contributed by atoms with Gasteiger partial charge in [0.25, 0.3) is 6.02 Å². The maximum Gasteiger partial charge on any atom is 0.283 e. The SMILES string of the molecule is NC1=NC(CF)(c2cc(CC(=O)c3cnc(OCF)cn3)ccc2F)C2C(CF)CCCC2O1. The average molecular weight is 480 g/mol. The number of hydrogen-bond acceptors (Lipinski definition) is 7. The van der Waals surface area contributed by atoms with Gasteiger partial charge >= 0.3 is 0 Å². The van der Waals surface area contributed by atoms with Crippen LogP contribution in [0.4, 0.5) is 17.6 Å². The number of fused-ring (bicyclic) bond motifs is 1. The molecular weight excluding hydrogens is 456 g/mol. The number of nitrogens with zero attached hydrogens (tertiary/aromatic N) is 3. The normalized spacial score (nSPS) is 26.2. The predicted octanol–water partition coefficient (Wildman–Crippen LogP) is 3.61. The number of Topliss-reactive ketones (excluding diaryl/α,β-unsaturated/α-hetero) is 1. The lowest BCUT2D eigenvalue weighted by Crippen LogP contribution is -2.55. The third kappa shape index (κ3) is 4.43. The van der Waals surface area contributed by atoms with Gasteiger partial charge in [0, 0.05) is 17.9 Å². The Bertz CT molecular complexity index is 1070. The Kier molecular flexibility index (Phi) is 6.99. The second-order valence-corrected chi connectivity index (χ2v) is 8.44. The van der Waals surface area contributed by atoms with Gasteiger partial charge in [0.05, 0.1) is 19.1 Å². The fourth-order valence-electron chi connectivity index (χ4n) is 5.01. The summed E-state index contributed by atoms with van der Waals surface area (Å²) in [5.41, 5.74) is 4.35. The highest BCUT2D eigenvalue weighted by Crippen LogP contribution is 2.50. The van der Waals surface area contributed by atoms with Crippen molar-refractivity contribution in [3.63, 3.8) is 0 Å². The molecule has 2 N–H and O–H groups in total. The number of alkyl halides is 3. The van der Waals surface area contributed by atoms with Crippen molar-refractivity contribution >= 4 is 11.8 Å². The van der Waals surface area contributed by atoms with Crippen LogP contribution in [0, 0.1) is 17.7 Å². The summed E-state index contributed by atoms with van der Waals surface area (Å²) in [4.78, 5) is 24.6. The molecule has 1 aromatic heterocycles. The quantitative estimate of drug-likeness (QED) is 0.458. The third-order valence-corrected chi connectivity index (χ3v) is 6.49. The van der Waals surface area contributed by atoms with Gasteiger partial charge in [-0.3, -0.25) is 9.18 Å². The van der Waals surface area contributed by atoms with E-state index in [0.717, 1.165) is 18.5 Å². The summed E-state index contributed by atoms with van der Waals surface area (Å²) in [6.45, 7) is -2.91. The fourth-order valence-corrected chi connectivity index (χ4v) is 5.01. The molecule has 2 aromatic rings. The number of ketones is 1. The Morgan fingerprint density at radius 3 is 2.71 bits per heavy atom. The molecule has 0 amide bonds. The number of aromatic nitrogens is 2. The van der Waals surface area contributed by atoms with Gasteiger partial charge in [-0.25, -0.2) is 28.1 Å². The maximum absolute atomic E-state index is 15.1. The van der Waals surface area contributed by atoms with Crippen molar-refractivity contribution in [3.8, 4) is 5.88 Å². The van der Waals surface area contributed by atoms with Crippen molar-refractivity contribution in [1.82, 2.24) is 9.97 Å². The van der Waals surface area contributed by atoms with Crippen LogP contribution in [0.3, 0.4) is 0 Å². The fraction of sp³-hybridized carbons (Fsp3) is 0.478. The van der Waals surface area contributed by atoms with Crippen molar-refractivity contribution < 1.29 is 31.8 Å². The number of aliphatic imine (C=N–C) groups is 1. The standard InChI is InChI=1S/C23H24F4N4O3/c24-8-14-2-1-3-19-21(14)23(11-25,31-22(28)34-19)15-6-13(4-5-16(15)27)7-18(32)17-9-30-20(10-29-17)33-12-26/h4-6,9-10,14,19,21H,1-3,7-8,11-12H2,(H2,28,31). The maximum atomic E-state index is 15.1. The zero-order valence-corrected chi connectivity index (χ0v) is 18.2. The van der Waals surface area contributed by atoms with E-state index >= 15 is 4.39 Å². The zero-order valence-electron chi connectivity index (χ0n) is 18.2. The highest BCUT2D eigenvalue weighted by molar-refractivity contribution is 5.95. The summed E-state index contributed by atoms with van der Waals surface area (Å²) >= 11 is 0. The molecule has 34 heavy (non-hydrogen) atoms. The second-order valence-electron chi connectivity index (χ2n) is 8.44. The van der Waals surface area contributed by atoms with Crippen LogP contribution in [0.1, 0.15) is 40.9 Å². The lowest BCUT2D eigenvalue weighted by atomic mass is 9.64. The van der Waals surface area contributed by atoms with E-state index in [1.165, 1.54) is 12.1 Å². The molecule has 7 nitrogen and oxygen atoms in total. The number of carbonyl (C=O) groups excluding carboxylic acids is 1.